The summed E-state index contributed by atoms with van der Waals surface area (Å²) in [6.45, 7) is 5.67. The molecule has 0 heterocycles. The van der Waals surface area contributed by atoms with E-state index < -0.39 is 39.3 Å². The van der Waals surface area contributed by atoms with Crippen LogP contribution in [0.5, 0.6) is 0 Å². The lowest BCUT2D eigenvalue weighted by atomic mass is 9.89. The monoisotopic (exact) mass is 300 g/mol. The molecule has 7 heteroatoms. The number of nitrogens with zero attached hydrogens (tertiary/aromatic N) is 1. The molecule has 0 aromatic heterocycles. The zero-order valence-electron chi connectivity index (χ0n) is 12.2. The highest BCUT2D eigenvalue weighted by Crippen LogP contribution is 2.24. The number of carbonyl (C=O) groups excluding carboxylic acids is 1. The highest BCUT2D eigenvalue weighted by atomic mass is 19.1. The van der Waals surface area contributed by atoms with Crippen LogP contribution < -0.4 is 5.32 Å². The molecule has 0 saturated heterocycles. The molecule has 0 atom stereocenters. The number of nitro groups is 1. The van der Waals surface area contributed by atoms with Gasteiger partial charge < -0.3 is 5.32 Å². The molecule has 1 amide bonds. The van der Waals surface area contributed by atoms with Crippen molar-refractivity contribution in [3.63, 3.8) is 0 Å². The van der Waals surface area contributed by atoms with Crippen molar-refractivity contribution in [3.8, 4) is 0 Å². The lowest BCUT2D eigenvalue weighted by Gasteiger charge is -2.31. The molecule has 116 valence electrons. The molecule has 0 radical (unpaired) electrons. The number of benzene rings is 1. The second-order valence-electron chi connectivity index (χ2n) is 4.84. The molecule has 0 spiro atoms. The Morgan fingerprint density at radius 1 is 1.19 bits per heavy atom. The molecule has 0 fully saturated rings. The topological polar surface area (TPSA) is 72.2 Å². The molecule has 0 bridgehead atoms. The third-order valence-corrected chi connectivity index (χ3v) is 3.89. The van der Waals surface area contributed by atoms with Crippen molar-refractivity contribution >= 4 is 11.6 Å². The van der Waals surface area contributed by atoms with Crippen molar-refractivity contribution in [2.75, 3.05) is 0 Å². The summed E-state index contributed by atoms with van der Waals surface area (Å²) in [7, 11) is 0. The molecule has 1 aromatic rings. The standard InChI is InChI=1S/C14H18F2N2O3/c1-4-14(5-2,6-3)17-13(19)9-7-11(16)12(18(20)21)8-10(9)15/h7-8H,4-6H2,1-3H3,(H,17,19). The van der Waals surface area contributed by atoms with E-state index >= 15 is 0 Å². The van der Waals surface area contributed by atoms with Gasteiger partial charge in [0.25, 0.3) is 5.91 Å². The molecule has 1 N–H and O–H groups in total. The second-order valence-corrected chi connectivity index (χ2v) is 4.84. The predicted octanol–water partition coefficient (Wildman–Crippen LogP) is 3.57. The van der Waals surface area contributed by atoms with E-state index in [1.54, 1.807) is 0 Å². The van der Waals surface area contributed by atoms with Gasteiger partial charge in [-0.15, -0.1) is 0 Å². The molecule has 0 unspecified atom stereocenters. The number of carbonyl (C=O) groups is 1. The van der Waals surface area contributed by atoms with Gasteiger partial charge in [0.05, 0.1) is 16.6 Å². The minimum atomic E-state index is -1.23. The van der Waals surface area contributed by atoms with Crippen molar-refractivity contribution in [3.05, 3.63) is 39.4 Å². The first-order chi connectivity index (χ1) is 9.80. The second kappa shape index (κ2) is 6.60. The Balaban J connectivity index is 3.14. The fourth-order valence-corrected chi connectivity index (χ4v) is 2.17. The number of rotatable bonds is 6. The average molecular weight is 300 g/mol. The van der Waals surface area contributed by atoms with Gasteiger partial charge in [-0.1, -0.05) is 20.8 Å². The minimum absolute atomic E-state index is 0.426. The fraction of sp³-hybridized carbons (Fsp3) is 0.500. The number of halogens is 2. The molecule has 0 saturated carbocycles. The van der Waals surface area contributed by atoms with Crippen molar-refractivity contribution in [1.82, 2.24) is 5.32 Å². The van der Waals surface area contributed by atoms with Crippen LogP contribution in [0.3, 0.4) is 0 Å². The highest BCUT2D eigenvalue weighted by Gasteiger charge is 2.29. The van der Waals surface area contributed by atoms with Crippen LogP contribution >= 0.6 is 0 Å². The Bertz CT molecular complexity index is 549. The van der Waals surface area contributed by atoms with Gasteiger partial charge in [0, 0.05) is 5.54 Å². The van der Waals surface area contributed by atoms with Gasteiger partial charge in [-0.05, 0) is 25.3 Å². The van der Waals surface area contributed by atoms with E-state index in [1.165, 1.54) is 0 Å². The summed E-state index contributed by atoms with van der Waals surface area (Å²) in [5.74, 6) is -3.12. The largest absolute Gasteiger partial charge is 0.347 e. The Morgan fingerprint density at radius 2 is 1.71 bits per heavy atom. The molecule has 0 aliphatic rings. The van der Waals surface area contributed by atoms with E-state index in [9.17, 15) is 23.7 Å². The zero-order valence-corrected chi connectivity index (χ0v) is 12.2. The van der Waals surface area contributed by atoms with E-state index in [0.29, 0.717) is 31.4 Å². The van der Waals surface area contributed by atoms with Gasteiger partial charge in [0.2, 0.25) is 5.82 Å². The third kappa shape index (κ3) is 3.53. The van der Waals surface area contributed by atoms with Crippen LogP contribution in [0.25, 0.3) is 0 Å². The first-order valence-corrected chi connectivity index (χ1v) is 6.76. The maximum Gasteiger partial charge on any atom is 0.307 e. The summed E-state index contributed by atoms with van der Waals surface area (Å²) in [5.41, 5.74) is -2.02. The average Bonchev–Trinajstić information content (AvgIpc) is 2.46. The lowest BCUT2D eigenvalue weighted by molar-refractivity contribution is -0.387. The number of nitro benzene ring substituents is 1. The smallest absolute Gasteiger partial charge is 0.307 e. The van der Waals surface area contributed by atoms with Crippen molar-refractivity contribution in [2.24, 2.45) is 0 Å². The van der Waals surface area contributed by atoms with Crippen LogP contribution in [0.4, 0.5) is 14.5 Å². The SMILES string of the molecule is CCC(CC)(CC)NC(=O)c1cc(F)c([N+](=O)[O-])cc1F. The van der Waals surface area contributed by atoms with Gasteiger partial charge in [0.15, 0.2) is 0 Å². The first kappa shape index (κ1) is 17.0. The summed E-state index contributed by atoms with van der Waals surface area (Å²) >= 11 is 0. The van der Waals surface area contributed by atoms with Crippen LogP contribution in [0.1, 0.15) is 50.4 Å². The molecular formula is C14H18F2N2O3. The summed E-state index contributed by atoms with van der Waals surface area (Å²) in [6.07, 6.45) is 1.93. The van der Waals surface area contributed by atoms with Crippen LogP contribution in [0.2, 0.25) is 0 Å². The van der Waals surface area contributed by atoms with E-state index in [1.807, 2.05) is 20.8 Å². The molecule has 5 nitrogen and oxygen atoms in total. The lowest BCUT2D eigenvalue weighted by Crippen LogP contribution is -2.47. The van der Waals surface area contributed by atoms with Crippen LogP contribution in [-0.4, -0.2) is 16.4 Å². The Labute approximate surface area is 121 Å². The summed E-state index contributed by atoms with van der Waals surface area (Å²) in [4.78, 5) is 21.6. The molecule has 21 heavy (non-hydrogen) atoms. The third-order valence-electron chi connectivity index (χ3n) is 3.89. The Morgan fingerprint density at radius 3 is 2.14 bits per heavy atom. The van der Waals surface area contributed by atoms with Crippen molar-refractivity contribution < 1.29 is 18.5 Å². The molecule has 1 rings (SSSR count). The quantitative estimate of drug-likeness (QED) is 0.644. The summed E-state index contributed by atoms with van der Waals surface area (Å²) in [6, 6.07) is 0.990. The molecule has 1 aromatic carbocycles. The van der Waals surface area contributed by atoms with Gasteiger partial charge in [-0.25, -0.2) is 4.39 Å². The number of hydrogen-bond donors (Lipinski definition) is 1. The normalized spacial score (nSPS) is 11.3. The van der Waals surface area contributed by atoms with E-state index in [4.69, 9.17) is 0 Å². The van der Waals surface area contributed by atoms with Crippen LogP contribution in [-0.2, 0) is 0 Å². The van der Waals surface area contributed by atoms with Crippen LogP contribution in [0, 0.1) is 21.7 Å². The van der Waals surface area contributed by atoms with E-state index in [2.05, 4.69) is 5.32 Å². The van der Waals surface area contributed by atoms with Gasteiger partial charge >= 0.3 is 5.69 Å². The van der Waals surface area contributed by atoms with E-state index in [-0.39, 0.29) is 0 Å². The highest BCUT2D eigenvalue weighted by molar-refractivity contribution is 5.95. The summed E-state index contributed by atoms with van der Waals surface area (Å²) < 4.78 is 27.3. The van der Waals surface area contributed by atoms with Crippen LogP contribution in [0.15, 0.2) is 12.1 Å². The molecule has 0 aliphatic carbocycles. The Kier molecular flexibility index (Phi) is 5.34. The number of hydrogen-bond acceptors (Lipinski definition) is 3. The first-order valence-electron chi connectivity index (χ1n) is 6.76. The predicted molar refractivity (Wildman–Crippen MR) is 74.1 cm³/mol. The maximum absolute atomic E-state index is 13.8. The van der Waals surface area contributed by atoms with Crippen molar-refractivity contribution in [2.45, 2.75) is 45.6 Å². The molecule has 0 aliphatic heterocycles. The number of nitrogens with one attached hydrogen (secondary N) is 1. The fourth-order valence-electron chi connectivity index (χ4n) is 2.17. The van der Waals surface area contributed by atoms with Gasteiger partial charge in [-0.3, -0.25) is 14.9 Å². The zero-order chi connectivity index (χ0) is 16.2. The van der Waals surface area contributed by atoms with E-state index in [0.717, 1.165) is 0 Å². The Hall–Kier alpha value is -2.05. The maximum atomic E-state index is 13.8. The molecular weight excluding hydrogens is 282 g/mol. The van der Waals surface area contributed by atoms with Crippen molar-refractivity contribution in [1.29, 1.82) is 0 Å². The minimum Gasteiger partial charge on any atom is -0.347 e. The van der Waals surface area contributed by atoms with Gasteiger partial charge in [-0.2, -0.15) is 4.39 Å². The number of amides is 1. The van der Waals surface area contributed by atoms with Gasteiger partial charge in [0.1, 0.15) is 5.82 Å². The summed E-state index contributed by atoms with van der Waals surface area (Å²) in [5, 5.41) is 13.2.